The first kappa shape index (κ1) is 16.1. The molecule has 0 unspecified atom stereocenters. The first-order valence-electron chi connectivity index (χ1n) is 7.57. The van der Waals surface area contributed by atoms with Crippen LogP contribution >= 0.6 is 0 Å². The second-order valence-corrected chi connectivity index (χ2v) is 6.51. The maximum absolute atomic E-state index is 12.0. The highest BCUT2D eigenvalue weighted by molar-refractivity contribution is 5.68. The summed E-state index contributed by atoms with van der Waals surface area (Å²) in [7, 11) is 0. The lowest BCUT2D eigenvalue weighted by Crippen LogP contribution is -2.36. The van der Waals surface area contributed by atoms with Crippen LogP contribution in [0.3, 0.4) is 0 Å². The Morgan fingerprint density at radius 1 is 1.45 bits per heavy atom. The summed E-state index contributed by atoms with van der Waals surface area (Å²) in [6.45, 7) is 5.57. The molecule has 0 heterocycles. The number of carbonyl (C=O) groups excluding carboxylic acids is 1. The Bertz CT molecular complexity index is 621. The van der Waals surface area contributed by atoms with Crippen LogP contribution in [-0.2, 0) is 11.2 Å². The molecule has 4 nitrogen and oxygen atoms in total. The summed E-state index contributed by atoms with van der Waals surface area (Å²) in [5.74, 6) is 0. The van der Waals surface area contributed by atoms with Crippen molar-refractivity contribution in [2.75, 3.05) is 0 Å². The van der Waals surface area contributed by atoms with Gasteiger partial charge in [-0.15, -0.1) is 0 Å². The van der Waals surface area contributed by atoms with Gasteiger partial charge in [-0.3, -0.25) is 0 Å². The maximum Gasteiger partial charge on any atom is 0.408 e. The van der Waals surface area contributed by atoms with E-state index in [1.807, 2.05) is 39.0 Å². The number of alkyl carbamates (subject to hydrolysis) is 1. The van der Waals surface area contributed by atoms with E-state index < -0.39 is 5.60 Å². The van der Waals surface area contributed by atoms with Crippen molar-refractivity contribution in [2.24, 2.45) is 0 Å². The van der Waals surface area contributed by atoms with Crippen molar-refractivity contribution >= 4 is 12.2 Å². The molecule has 0 spiro atoms. The molecule has 22 heavy (non-hydrogen) atoms. The third-order valence-corrected chi connectivity index (χ3v) is 3.52. The minimum Gasteiger partial charge on any atom is -0.444 e. The normalized spacial score (nSPS) is 17.6. The number of hydrogen-bond donors (Lipinski definition) is 1. The van der Waals surface area contributed by atoms with Crippen molar-refractivity contribution in [1.82, 2.24) is 5.32 Å². The molecule has 0 saturated carbocycles. The number of allylic oxidation sites excluding steroid dienone is 1. The number of aryl methyl sites for hydroxylation is 1. The fourth-order valence-electron chi connectivity index (χ4n) is 2.67. The van der Waals surface area contributed by atoms with Gasteiger partial charge in [0.1, 0.15) is 5.60 Å². The van der Waals surface area contributed by atoms with E-state index in [-0.39, 0.29) is 12.1 Å². The maximum atomic E-state index is 12.0. The molecule has 0 saturated heterocycles. The van der Waals surface area contributed by atoms with E-state index in [2.05, 4.69) is 11.4 Å². The molecule has 0 radical (unpaired) electrons. The minimum atomic E-state index is -0.493. The zero-order valence-corrected chi connectivity index (χ0v) is 13.3. The van der Waals surface area contributed by atoms with Crippen LogP contribution in [0.5, 0.6) is 0 Å². The largest absolute Gasteiger partial charge is 0.444 e. The summed E-state index contributed by atoms with van der Waals surface area (Å²) in [6, 6.07) is 8.09. The lowest BCUT2D eigenvalue weighted by Gasteiger charge is -2.28. The number of benzene rings is 1. The topological polar surface area (TPSA) is 62.1 Å². The van der Waals surface area contributed by atoms with Gasteiger partial charge in [0.25, 0.3) is 0 Å². The Balaban J connectivity index is 2.13. The number of fused-ring (bicyclic) bond motifs is 1. The molecule has 0 bridgehead atoms. The zero-order chi connectivity index (χ0) is 16.2. The van der Waals surface area contributed by atoms with Gasteiger partial charge >= 0.3 is 6.09 Å². The average molecular weight is 298 g/mol. The Morgan fingerprint density at radius 2 is 2.23 bits per heavy atom. The summed E-state index contributed by atoms with van der Waals surface area (Å²) in [4.78, 5) is 12.0. The number of ether oxygens (including phenoxy) is 1. The molecular weight excluding hydrogens is 276 g/mol. The number of nitrogens with one attached hydrogen (secondary N) is 1. The molecule has 1 amide bonds. The molecule has 1 aliphatic rings. The number of nitriles is 1. The van der Waals surface area contributed by atoms with Gasteiger partial charge in [0.2, 0.25) is 0 Å². The summed E-state index contributed by atoms with van der Waals surface area (Å²) >= 11 is 0. The van der Waals surface area contributed by atoms with Crippen LogP contribution in [0.25, 0.3) is 6.08 Å². The first-order chi connectivity index (χ1) is 10.4. The molecule has 0 aliphatic heterocycles. The standard InChI is InChI=1S/C18H22N2O2/c1-18(2,3)22-17(21)20-16-8-4-7-14-12-13(6-5-11-19)9-10-15(14)16/h5-6,9-10,12,16H,4,7-8H2,1-3H3,(H,20,21)/t16-/m0/s1. The van der Waals surface area contributed by atoms with E-state index >= 15 is 0 Å². The third kappa shape index (κ3) is 4.36. The third-order valence-electron chi connectivity index (χ3n) is 3.52. The van der Waals surface area contributed by atoms with Crippen LogP contribution in [-0.4, -0.2) is 11.7 Å². The highest BCUT2D eigenvalue weighted by atomic mass is 16.6. The molecule has 1 aromatic rings. The van der Waals surface area contributed by atoms with Crippen molar-refractivity contribution in [3.63, 3.8) is 0 Å². The van der Waals surface area contributed by atoms with Crippen molar-refractivity contribution in [3.8, 4) is 6.07 Å². The van der Waals surface area contributed by atoms with Gasteiger partial charge < -0.3 is 10.1 Å². The van der Waals surface area contributed by atoms with E-state index in [0.717, 1.165) is 30.4 Å². The number of nitrogens with zero attached hydrogens (tertiary/aromatic N) is 1. The van der Waals surface area contributed by atoms with Gasteiger partial charge in [-0.25, -0.2) is 4.79 Å². The highest BCUT2D eigenvalue weighted by Gasteiger charge is 2.24. The number of amides is 1. The molecule has 0 aromatic heterocycles. The van der Waals surface area contributed by atoms with Gasteiger partial charge in [-0.1, -0.05) is 18.2 Å². The van der Waals surface area contributed by atoms with E-state index in [4.69, 9.17) is 10.00 Å². The predicted octanol–water partition coefficient (Wildman–Crippen LogP) is 4.13. The number of rotatable bonds is 2. The first-order valence-corrected chi connectivity index (χ1v) is 7.57. The molecule has 1 atom stereocenters. The van der Waals surface area contributed by atoms with Crippen LogP contribution in [0.2, 0.25) is 0 Å². The fraction of sp³-hybridized carbons (Fsp3) is 0.444. The van der Waals surface area contributed by atoms with E-state index in [1.54, 1.807) is 6.08 Å². The average Bonchev–Trinajstić information content (AvgIpc) is 2.43. The summed E-state index contributed by atoms with van der Waals surface area (Å²) < 4.78 is 5.34. The van der Waals surface area contributed by atoms with Crippen LogP contribution in [0.1, 0.15) is 56.3 Å². The lowest BCUT2D eigenvalue weighted by atomic mass is 9.86. The van der Waals surface area contributed by atoms with Crippen molar-refractivity contribution in [1.29, 1.82) is 5.26 Å². The Labute approximate surface area is 131 Å². The molecule has 1 N–H and O–H groups in total. The summed E-state index contributed by atoms with van der Waals surface area (Å²) in [6.07, 6.45) is 5.83. The monoisotopic (exact) mass is 298 g/mol. The fourth-order valence-corrected chi connectivity index (χ4v) is 2.67. The molecule has 4 heteroatoms. The van der Waals surface area contributed by atoms with Crippen LogP contribution < -0.4 is 5.32 Å². The van der Waals surface area contributed by atoms with Crippen molar-refractivity contribution in [2.45, 2.75) is 51.7 Å². The number of hydrogen-bond acceptors (Lipinski definition) is 3. The number of carbonyl (C=O) groups is 1. The lowest BCUT2D eigenvalue weighted by molar-refractivity contribution is 0.0498. The van der Waals surface area contributed by atoms with Crippen LogP contribution in [0.4, 0.5) is 4.79 Å². The quantitative estimate of drug-likeness (QED) is 0.835. The van der Waals surface area contributed by atoms with Crippen LogP contribution in [0, 0.1) is 11.3 Å². The van der Waals surface area contributed by atoms with Gasteiger partial charge in [0.05, 0.1) is 12.1 Å². The van der Waals surface area contributed by atoms with Gasteiger partial charge in [-0.05, 0) is 62.8 Å². The van der Waals surface area contributed by atoms with E-state index in [0.29, 0.717) is 0 Å². The van der Waals surface area contributed by atoms with E-state index in [9.17, 15) is 4.79 Å². The highest BCUT2D eigenvalue weighted by Crippen LogP contribution is 2.31. The summed E-state index contributed by atoms with van der Waals surface area (Å²) in [5.41, 5.74) is 2.89. The van der Waals surface area contributed by atoms with Gasteiger partial charge in [0.15, 0.2) is 0 Å². The molecule has 1 aromatic carbocycles. The van der Waals surface area contributed by atoms with Gasteiger partial charge in [0, 0.05) is 6.08 Å². The molecular formula is C18H22N2O2. The molecule has 1 aliphatic carbocycles. The minimum absolute atomic E-state index is 0.00686. The SMILES string of the molecule is CC(C)(C)OC(=O)N[C@H]1CCCc2cc(C=CC#N)ccc21. The van der Waals surface area contributed by atoms with E-state index in [1.165, 1.54) is 11.6 Å². The Kier molecular flexibility index (Phi) is 4.87. The molecule has 0 fully saturated rings. The Hall–Kier alpha value is -2.28. The zero-order valence-electron chi connectivity index (χ0n) is 13.3. The van der Waals surface area contributed by atoms with Crippen molar-refractivity contribution in [3.05, 3.63) is 41.0 Å². The Morgan fingerprint density at radius 3 is 2.91 bits per heavy atom. The summed E-state index contributed by atoms with van der Waals surface area (Å²) in [5, 5.41) is 11.6. The van der Waals surface area contributed by atoms with Gasteiger partial charge in [-0.2, -0.15) is 5.26 Å². The predicted molar refractivity (Wildman–Crippen MR) is 86.1 cm³/mol. The van der Waals surface area contributed by atoms with Crippen molar-refractivity contribution < 1.29 is 9.53 Å². The molecule has 2 rings (SSSR count). The molecule has 116 valence electrons. The smallest absolute Gasteiger partial charge is 0.408 e. The second-order valence-electron chi connectivity index (χ2n) is 6.51. The second kappa shape index (κ2) is 6.65. The van der Waals surface area contributed by atoms with Crippen LogP contribution in [0.15, 0.2) is 24.3 Å².